The first-order chi connectivity index (χ1) is 16.8. The lowest BCUT2D eigenvalue weighted by Gasteiger charge is -2.27. The zero-order chi connectivity index (χ0) is 24.5. The Balaban J connectivity index is 1.35. The molecule has 1 aliphatic heterocycles. The van der Waals surface area contributed by atoms with Gasteiger partial charge in [-0.05, 0) is 58.8 Å². The number of nitrogens with zero attached hydrogens (tertiary/aromatic N) is 5. The van der Waals surface area contributed by atoms with Crippen molar-refractivity contribution in [3.8, 4) is 0 Å². The van der Waals surface area contributed by atoms with Gasteiger partial charge in [0.05, 0.1) is 10.9 Å². The molecule has 4 aromatic rings. The monoisotopic (exact) mass is 533 g/mol. The first-order valence-corrected chi connectivity index (χ1v) is 12.3. The summed E-state index contributed by atoms with van der Waals surface area (Å²) in [6.07, 6.45) is 2.95. The number of carbonyl (C=O) groups is 2. The Morgan fingerprint density at radius 3 is 2.80 bits per heavy atom. The Bertz CT molecular complexity index is 1530. The summed E-state index contributed by atoms with van der Waals surface area (Å²) in [4.78, 5) is 41.8. The summed E-state index contributed by atoms with van der Waals surface area (Å²) in [6.45, 7) is 4.20. The van der Waals surface area contributed by atoms with E-state index < -0.39 is 6.04 Å². The molecule has 0 bridgehead atoms. The summed E-state index contributed by atoms with van der Waals surface area (Å²) in [7, 11) is 0. The van der Waals surface area contributed by atoms with E-state index in [1.807, 2.05) is 29.7 Å². The van der Waals surface area contributed by atoms with Crippen molar-refractivity contribution in [1.29, 1.82) is 0 Å². The number of fused-ring (bicyclic) bond motifs is 4. The van der Waals surface area contributed by atoms with Crippen molar-refractivity contribution in [1.82, 2.24) is 24.4 Å². The second-order valence-corrected chi connectivity index (χ2v) is 10.6. The summed E-state index contributed by atoms with van der Waals surface area (Å²) < 4.78 is 2.54. The largest absolute Gasteiger partial charge is 0.383 e. The van der Waals surface area contributed by atoms with Crippen LogP contribution in [0.5, 0.6) is 0 Å². The van der Waals surface area contributed by atoms with Gasteiger partial charge in [-0.15, -0.1) is 0 Å². The summed E-state index contributed by atoms with van der Waals surface area (Å²) in [6, 6.07) is 10.8. The minimum absolute atomic E-state index is 0.0360. The van der Waals surface area contributed by atoms with Crippen molar-refractivity contribution >= 4 is 61.3 Å². The number of amides is 2. The van der Waals surface area contributed by atoms with Crippen LogP contribution in [0.4, 0.5) is 11.6 Å². The lowest BCUT2D eigenvalue weighted by Crippen LogP contribution is -2.46. The summed E-state index contributed by atoms with van der Waals surface area (Å²) >= 11 is 3.33. The number of benzene rings is 1. The summed E-state index contributed by atoms with van der Waals surface area (Å²) in [5.74, 6) is 0.499. The van der Waals surface area contributed by atoms with Crippen LogP contribution in [0.1, 0.15) is 25.3 Å². The minimum Gasteiger partial charge on any atom is -0.383 e. The molecule has 10 heteroatoms. The third kappa shape index (κ3) is 3.46. The molecule has 3 aromatic heterocycles. The lowest BCUT2D eigenvalue weighted by atomic mass is 10.0. The van der Waals surface area contributed by atoms with Crippen LogP contribution in [-0.4, -0.2) is 48.3 Å². The Hall–Kier alpha value is -3.53. The molecule has 0 radical (unpaired) electrons. The van der Waals surface area contributed by atoms with Crippen molar-refractivity contribution in [3.63, 3.8) is 0 Å². The van der Waals surface area contributed by atoms with E-state index in [1.54, 1.807) is 23.1 Å². The number of piperidine rings is 1. The first-order valence-electron chi connectivity index (χ1n) is 11.5. The van der Waals surface area contributed by atoms with Crippen LogP contribution in [-0.2, 0) is 16.1 Å². The van der Waals surface area contributed by atoms with Crippen LogP contribution in [0.2, 0.25) is 0 Å². The number of para-hydroxylation sites is 1. The molecular formula is C25H24BrN7O2. The topological polar surface area (TPSA) is 119 Å². The number of nitrogens with two attached hydrogens (primary N) is 1. The van der Waals surface area contributed by atoms with E-state index in [1.165, 1.54) is 6.33 Å². The van der Waals surface area contributed by atoms with Crippen molar-refractivity contribution < 1.29 is 9.59 Å². The molecule has 3 atom stereocenters. The van der Waals surface area contributed by atoms with Gasteiger partial charge in [-0.3, -0.25) is 9.59 Å². The molecule has 9 nitrogen and oxygen atoms in total. The number of aryl methyl sites for hydroxylation is 1. The fourth-order valence-corrected chi connectivity index (χ4v) is 5.94. The van der Waals surface area contributed by atoms with Gasteiger partial charge in [-0.1, -0.05) is 31.2 Å². The molecule has 1 aromatic carbocycles. The maximum absolute atomic E-state index is 13.8. The van der Waals surface area contributed by atoms with Crippen LogP contribution in [0, 0.1) is 12.3 Å². The fraction of sp³-hybridized carbons (Fsp3) is 0.320. The number of aromatic nitrogens is 4. The molecule has 2 amide bonds. The van der Waals surface area contributed by atoms with Gasteiger partial charge in [0.15, 0.2) is 0 Å². The van der Waals surface area contributed by atoms with Crippen LogP contribution >= 0.6 is 15.9 Å². The van der Waals surface area contributed by atoms with Gasteiger partial charge in [0.2, 0.25) is 11.8 Å². The van der Waals surface area contributed by atoms with Crippen LogP contribution in [0.3, 0.4) is 0 Å². The van der Waals surface area contributed by atoms with E-state index in [2.05, 4.69) is 43.1 Å². The smallest absolute Gasteiger partial charge is 0.248 e. The van der Waals surface area contributed by atoms with Gasteiger partial charge in [0.25, 0.3) is 0 Å². The van der Waals surface area contributed by atoms with E-state index in [0.29, 0.717) is 28.3 Å². The quantitative estimate of drug-likeness (QED) is 0.386. The highest BCUT2D eigenvalue weighted by Crippen LogP contribution is 2.59. The minimum atomic E-state index is -0.555. The van der Waals surface area contributed by atoms with E-state index in [0.717, 1.165) is 28.3 Å². The van der Waals surface area contributed by atoms with Crippen LogP contribution in [0.25, 0.3) is 21.9 Å². The Labute approximate surface area is 209 Å². The van der Waals surface area contributed by atoms with E-state index in [4.69, 9.17) is 5.73 Å². The fourth-order valence-electron chi connectivity index (χ4n) is 5.60. The summed E-state index contributed by atoms with van der Waals surface area (Å²) in [5.41, 5.74) is 8.71. The number of hydrogen-bond donors (Lipinski definition) is 2. The molecule has 6 rings (SSSR count). The predicted molar refractivity (Wildman–Crippen MR) is 137 cm³/mol. The molecule has 1 saturated carbocycles. The number of nitrogens with one attached hydrogen (secondary N) is 1. The van der Waals surface area contributed by atoms with Crippen molar-refractivity contribution in [2.75, 3.05) is 11.1 Å². The number of likely N-dealkylation sites (tertiary alicyclic amines) is 1. The van der Waals surface area contributed by atoms with Gasteiger partial charge in [0.1, 0.15) is 40.8 Å². The van der Waals surface area contributed by atoms with Gasteiger partial charge in [0, 0.05) is 11.4 Å². The summed E-state index contributed by atoms with van der Waals surface area (Å²) in [5, 5.41) is 4.54. The normalized spacial score (nSPS) is 23.0. The predicted octanol–water partition coefficient (Wildman–Crippen LogP) is 3.65. The number of pyridine rings is 1. The van der Waals surface area contributed by atoms with E-state index in [-0.39, 0.29) is 29.8 Å². The number of anilines is 2. The first kappa shape index (κ1) is 22.0. The number of nitrogen functional groups attached to an aromatic ring is 1. The average Bonchev–Trinajstić information content (AvgIpc) is 3.20. The standard InChI is InChI=1S/C25H24BrN7O2/c1-13-5-3-6-14-20-22(27)28-12-29-23(20)32(21(13)14)11-19(34)33-15(9-25(2)10-16(25)33)24(35)31-18-8-4-7-17(26)30-18/h3-8,12,15-16H,9-11H2,1-2H3,(H2,27,28,29)(H,30,31,35)/t15-,16+,25-/m0/s1. The highest BCUT2D eigenvalue weighted by Gasteiger charge is 2.64. The molecule has 35 heavy (non-hydrogen) atoms. The van der Waals surface area contributed by atoms with Crippen LogP contribution in [0.15, 0.2) is 47.3 Å². The van der Waals surface area contributed by atoms with E-state index in [9.17, 15) is 9.59 Å². The zero-order valence-corrected chi connectivity index (χ0v) is 20.9. The number of hydrogen-bond acceptors (Lipinski definition) is 6. The number of rotatable bonds is 4. The average molecular weight is 534 g/mol. The van der Waals surface area contributed by atoms with Gasteiger partial charge >= 0.3 is 0 Å². The molecular weight excluding hydrogens is 510 g/mol. The highest BCUT2D eigenvalue weighted by molar-refractivity contribution is 9.10. The van der Waals surface area contributed by atoms with E-state index >= 15 is 0 Å². The Morgan fingerprint density at radius 2 is 2.00 bits per heavy atom. The molecule has 4 heterocycles. The molecule has 178 valence electrons. The van der Waals surface area contributed by atoms with Gasteiger partial charge in [-0.2, -0.15) is 0 Å². The third-order valence-electron chi connectivity index (χ3n) is 7.37. The van der Waals surface area contributed by atoms with Crippen LogP contribution < -0.4 is 11.1 Å². The van der Waals surface area contributed by atoms with Crippen molar-refractivity contribution in [2.45, 2.75) is 45.3 Å². The third-order valence-corrected chi connectivity index (χ3v) is 7.82. The Kier molecular flexibility index (Phi) is 4.86. The molecule has 1 aliphatic carbocycles. The number of carbonyl (C=O) groups excluding carboxylic acids is 2. The molecule has 2 aliphatic rings. The molecule has 0 spiro atoms. The zero-order valence-electron chi connectivity index (χ0n) is 19.3. The SMILES string of the molecule is Cc1cccc2c3c(N)ncnc3n(CC(=O)N3[C@H](C(=O)Nc4cccc(Br)n4)C[C@@]4(C)C[C@@H]34)c12. The van der Waals surface area contributed by atoms with Crippen molar-refractivity contribution in [3.05, 3.63) is 52.9 Å². The maximum atomic E-state index is 13.8. The number of halogens is 1. The highest BCUT2D eigenvalue weighted by atomic mass is 79.9. The molecule has 3 N–H and O–H groups in total. The van der Waals surface area contributed by atoms with Crippen molar-refractivity contribution in [2.24, 2.45) is 5.41 Å². The Morgan fingerprint density at radius 1 is 1.20 bits per heavy atom. The molecule has 2 fully saturated rings. The molecule has 0 unspecified atom stereocenters. The molecule has 1 saturated heterocycles. The maximum Gasteiger partial charge on any atom is 0.248 e. The van der Waals surface area contributed by atoms with Gasteiger partial charge < -0.3 is 20.5 Å². The second kappa shape index (κ2) is 7.74. The lowest BCUT2D eigenvalue weighted by molar-refractivity contribution is -0.138. The second-order valence-electron chi connectivity index (χ2n) is 9.74. The van der Waals surface area contributed by atoms with Gasteiger partial charge in [-0.25, -0.2) is 15.0 Å².